The Balaban J connectivity index is 1.80. The van der Waals surface area contributed by atoms with Crippen molar-refractivity contribution >= 4 is 46.4 Å². The minimum absolute atomic E-state index is 0.169. The summed E-state index contributed by atoms with van der Waals surface area (Å²) in [5, 5.41) is 4.76. The predicted molar refractivity (Wildman–Crippen MR) is 204 cm³/mol. The van der Waals surface area contributed by atoms with E-state index in [0.29, 0.717) is 29.5 Å². The normalized spacial score (nSPS) is 14.8. The number of allylic oxidation sites excluding steroid dienone is 3. The number of amides is 2. The first-order valence-corrected chi connectivity index (χ1v) is 18.3. The number of unbranched alkanes of at least 4 members (excludes halogenated alkanes) is 9. The van der Waals surface area contributed by atoms with Gasteiger partial charge in [0.1, 0.15) is 17.1 Å². The molecule has 50 heavy (non-hydrogen) atoms. The van der Waals surface area contributed by atoms with Crippen LogP contribution in [-0.2, 0) is 19.1 Å². The molecular formula is C40H54ClN3O6. The van der Waals surface area contributed by atoms with Crippen molar-refractivity contribution in [2.75, 3.05) is 49.4 Å². The standard InChI is InChI=1S/C40H54ClN3O6/c1-6-9-10-11-12-13-14-15-16-17-26-50-40(47)29-18-24-34(41)33(27-29)37(38(45)42-30-19-22-32(48-4)23-20-30)39(46)43-35-25-21-31(28-36(35)49-5)44(7-2)8-3/h18-25,27-28,34H,6-17,26H2,1-5H3,(H,42,45)(H,43,46). The maximum Gasteiger partial charge on any atom is 0.338 e. The zero-order valence-corrected chi connectivity index (χ0v) is 31.1. The monoisotopic (exact) mass is 707 g/mol. The quantitative estimate of drug-likeness (QED) is 0.0333. The second-order valence-corrected chi connectivity index (χ2v) is 12.7. The van der Waals surface area contributed by atoms with Crippen LogP contribution in [0.2, 0.25) is 0 Å². The lowest BCUT2D eigenvalue weighted by atomic mass is 9.95. The molecule has 3 rings (SSSR count). The van der Waals surface area contributed by atoms with E-state index in [0.717, 1.165) is 38.0 Å². The van der Waals surface area contributed by atoms with Crippen LogP contribution in [0.4, 0.5) is 17.1 Å². The van der Waals surface area contributed by atoms with E-state index in [1.54, 1.807) is 49.6 Å². The number of alkyl halides is 1. The zero-order valence-electron chi connectivity index (χ0n) is 30.3. The summed E-state index contributed by atoms with van der Waals surface area (Å²) in [6.07, 6.45) is 16.4. The number of esters is 1. The van der Waals surface area contributed by atoms with Crippen molar-refractivity contribution in [3.8, 4) is 11.5 Å². The van der Waals surface area contributed by atoms with Gasteiger partial charge in [-0.25, -0.2) is 4.79 Å². The Morgan fingerprint density at radius 1 is 0.780 bits per heavy atom. The fourth-order valence-electron chi connectivity index (χ4n) is 5.75. The summed E-state index contributed by atoms with van der Waals surface area (Å²) >= 11 is 6.70. The molecule has 2 N–H and O–H groups in total. The number of benzene rings is 2. The number of rotatable bonds is 21. The summed E-state index contributed by atoms with van der Waals surface area (Å²) in [6.45, 7) is 8.23. The number of anilines is 3. The molecule has 0 radical (unpaired) electrons. The fourth-order valence-corrected chi connectivity index (χ4v) is 5.99. The maximum atomic E-state index is 14.0. The van der Waals surface area contributed by atoms with E-state index in [4.69, 9.17) is 25.8 Å². The van der Waals surface area contributed by atoms with E-state index >= 15 is 0 Å². The lowest BCUT2D eigenvalue weighted by Gasteiger charge is -2.23. The molecule has 0 aliphatic heterocycles. The van der Waals surface area contributed by atoms with E-state index in [9.17, 15) is 14.4 Å². The number of carbonyl (C=O) groups excluding carboxylic acids is 3. The third-order valence-electron chi connectivity index (χ3n) is 8.67. The highest BCUT2D eigenvalue weighted by Gasteiger charge is 2.29. The van der Waals surface area contributed by atoms with Gasteiger partial charge in [-0.15, -0.1) is 11.6 Å². The molecule has 1 atom stereocenters. The average molecular weight is 708 g/mol. The highest BCUT2D eigenvalue weighted by molar-refractivity contribution is 6.31. The summed E-state index contributed by atoms with van der Waals surface area (Å²) in [6, 6.07) is 12.2. The molecule has 0 bridgehead atoms. The van der Waals surface area contributed by atoms with Gasteiger partial charge in [0.2, 0.25) is 0 Å². The minimum atomic E-state index is -0.858. The molecule has 2 aromatic carbocycles. The Morgan fingerprint density at radius 3 is 2.00 bits per heavy atom. The van der Waals surface area contributed by atoms with Crippen LogP contribution in [0.3, 0.4) is 0 Å². The van der Waals surface area contributed by atoms with Crippen LogP contribution >= 0.6 is 11.6 Å². The third kappa shape index (κ3) is 12.3. The second kappa shape index (κ2) is 21.8. The van der Waals surface area contributed by atoms with Crippen molar-refractivity contribution < 1.29 is 28.6 Å². The number of halogens is 1. The van der Waals surface area contributed by atoms with Crippen LogP contribution in [0, 0.1) is 0 Å². The van der Waals surface area contributed by atoms with Gasteiger partial charge in [0.15, 0.2) is 0 Å². The van der Waals surface area contributed by atoms with Gasteiger partial charge in [0, 0.05) is 30.5 Å². The van der Waals surface area contributed by atoms with Crippen LogP contribution in [-0.4, -0.2) is 57.1 Å². The number of hydrogen-bond acceptors (Lipinski definition) is 7. The highest BCUT2D eigenvalue weighted by Crippen LogP contribution is 2.32. The van der Waals surface area contributed by atoms with Crippen molar-refractivity contribution in [1.29, 1.82) is 0 Å². The van der Waals surface area contributed by atoms with E-state index in [1.165, 1.54) is 58.1 Å². The molecule has 2 aromatic rings. The summed E-state index contributed by atoms with van der Waals surface area (Å²) in [5.41, 5.74) is 1.87. The molecule has 0 aromatic heterocycles. The second-order valence-electron chi connectivity index (χ2n) is 12.2. The number of ether oxygens (including phenoxy) is 3. The van der Waals surface area contributed by atoms with E-state index < -0.39 is 23.2 Å². The Morgan fingerprint density at radius 2 is 1.40 bits per heavy atom. The average Bonchev–Trinajstić information content (AvgIpc) is 3.12. The third-order valence-corrected chi connectivity index (χ3v) is 9.05. The number of nitrogens with one attached hydrogen (secondary N) is 2. The van der Waals surface area contributed by atoms with Gasteiger partial charge in [-0.05, 0) is 74.4 Å². The van der Waals surface area contributed by atoms with Gasteiger partial charge in [-0.3, -0.25) is 9.59 Å². The molecule has 10 heteroatoms. The predicted octanol–water partition coefficient (Wildman–Crippen LogP) is 8.99. The number of hydrogen-bond donors (Lipinski definition) is 2. The molecule has 0 heterocycles. The van der Waals surface area contributed by atoms with Crippen molar-refractivity contribution in [2.24, 2.45) is 0 Å². The number of carbonyl (C=O) groups is 3. The van der Waals surface area contributed by atoms with Crippen LogP contribution < -0.4 is 25.0 Å². The topological polar surface area (TPSA) is 106 Å². The SMILES string of the molecule is CCCCCCCCCCCCOC(=O)C1=CC(=C(C(=O)Nc2ccc(OC)cc2)C(=O)Nc2ccc(N(CC)CC)cc2OC)C(Cl)C=C1. The van der Waals surface area contributed by atoms with Crippen molar-refractivity contribution in [3.63, 3.8) is 0 Å². The molecule has 0 saturated heterocycles. The summed E-state index contributed by atoms with van der Waals surface area (Å²) in [4.78, 5) is 43.1. The molecular weight excluding hydrogens is 654 g/mol. The molecule has 272 valence electrons. The van der Waals surface area contributed by atoms with Crippen LogP contribution in [0.15, 0.2) is 77.4 Å². The van der Waals surface area contributed by atoms with Gasteiger partial charge in [0.05, 0.1) is 37.5 Å². The molecule has 9 nitrogen and oxygen atoms in total. The van der Waals surface area contributed by atoms with Gasteiger partial charge in [-0.1, -0.05) is 70.8 Å². The molecule has 0 fully saturated rings. The number of nitrogens with zero attached hydrogens (tertiary/aromatic N) is 1. The summed E-state index contributed by atoms with van der Waals surface area (Å²) < 4.78 is 16.4. The highest BCUT2D eigenvalue weighted by atomic mass is 35.5. The van der Waals surface area contributed by atoms with Crippen LogP contribution in [0.5, 0.6) is 11.5 Å². The Labute approximate surface area is 303 Å². The molecule has 1 aliphatic carbocycles. The first-order valence-electron chi connectivity index (χ1n) is 17.9. The van der Waals surface area contributed by atoms with Gasteiger partial charge >= 0.3 is 5.97 Å². The summed E-state index contributed by atoms with van der Waals surface area (Å²) in [7, 11) is 3.07. The van der Waals surface area contributed by atoms with E-state index in [2.05, 4.69) is 36.3 Å². The maximum absolute atomic E-state index is 14.0. The Hall–Kier alpha value is -4.24. The smallest absolute Gasteiger partial charge is 0.338 e. The van der Waals surface area contributed by atoms with Gasteiger partial charge in [-0.2, -0.15) is 0 Å². The first-order chi connectivity index (χ1) is 24.3. The van der Waals surface area contributed by atoms with E-state index in [1.807, 2.05) is 12.1 Å². The lowest BCUT2D eigenvalue weighted by molar-refractivity contribution is -0.138. The number of methoxy groups -OCH3 is 2. The van der Waals surface area contributed by atoms with Crippen molar-refractivity contribution in [2.45, 2.75) is 90.4 Å². The van der Waals surface area contributed by atoms with Crippen LogP contribution in [0.25, 0.3) is 0 Å². The zero-order chi connectivity index (χ0) is 36.3. The van der Waals surface area contributed by atoms with Crippen molar-refractivity contribution in [3.05, 3.63) is 77.4 Å². The Bertz CT molecular complexity index is 1500. The molecule has 2 amide bonds. The molecule has 0 spiro atoms. The van der Waals surface area contributed by atoms with E-state index in [-0.39, 0.29) is 16.7 Å². The molecule has 0 saturated carbocycles. The largest absolute Gasteiger partial charge is 0.497 e. The first kappa shape index (κ1) is 40.2. The summed E-state index contributed by atoms with van der Waals surface area (Å²) in [5.74, 6) is -0.906. The fraction of sp³-hybridized carbons (Fsp3) is 0.475. The van der Waals surface area contributed by atoms with Crippen LogP contribution in [0.1, 0.15) is 85.0 Å². The Kier molecular flexibility index (Phi) is 17.5. The van der Waals surface area contributed by atoms with Crippen molar-refractivity contribution in [1.82, 2.24) is 0 Å². The van der Waals surface area contributed by atoms with Gasteiger partial charge < -0.3 is 29.7 Å². The molecule has 1 unspecified atom stereocenters. The lowest BCUT2D eigenvalue weighted by Crippen LogP contribution is -2.29. The molecule has 1 aliphatic rings. The minimum Gasteiger partial charge on any atom is -0.497 e. The van der Waals surface area contributed by atoms with Gasteiger partial charge in [0.25, 0.3) is 11.8 Å².